The average Bonchev–Trinajstić information content (AvgIpc) is 3.28. The van der Waals surface area contributed by atoms with Crippen molar-refractivity contribution in [2.45, 2.75) is 48.1 Å². The Balaban J connectivity index is 1.54. The molecule has 5 rings (SSSR count). The van der Waals surface area contributed by atoms with Crippen LogP contribution in [0.1, 0.15) is 52.0 Å². The van der Waals surface area contributed by atoms with E-state index in [0.717, 1.165) is 41.0 Å². The number of nitrogens with zero attached hydrogens (tertiary/aromatic N) is 1. The van der Waals surface area contributed by atoms with Crippen molar-refractivity contribution >= 4 is 29.3 Å². The Morgan fingerprint density at radius 3 is 2.53 bits per heavy atom. The molecule has 3 aromatic carbocycles. The molecule has 2 aliphatic rings. The normalized spacial score (nSPS) is 15.8. The lowest BCUT2D eigenvalue weighted by molar-refractivity contribution is 0.0935. The highest BCUT2D eigenvalue weighted by Gasteiger charge is 2.28. The Kier molecular flexibility index (Phi) is 5.70. The molecule has 1 aliphatic carbocycles. The van der Waals surface area contributed by atoms with Crippen LogP contribution in [-0.4, -0.2) is 17.9 Å². The molecular formula is C26H23FN2O2S. The Hall–Kier alpha value is -3.12. The first kappa shape index (κ1) is 20.8. The fourth-order valence-corrected chi connectivity index (χ4v) is 5.39. The van der Waals surface area contributed by atoms with Gasteiger partial charge >= 0.3 is 0 Å². The van der Waals surface area contributed by atoms with Crippen LogP contribution in [0.25, 0.3) is 0 Å². The summed E-state index contributed by atoms with van der Waals surface area (Å²) in [6.45, 7) is 0.286. The Labute approximate surface area is 190 Å². The number of carbonyl (C=O) groups excluding carboxylic acids is 2. The van der Waals surface area contributed by atoms with E-state index in [0.29, 0.717) is 16.8 Å². The van der Waals surface area contributed by atoms with Crippen LogP contribution in [0.2, 0.25) is 0 Å². The number of anilines is 1. The summed E-state index contributed by atoms with van der Waals surface area (Å²) in [6.07, 6.45) is 4.31. The van der Waals surface area contributed by atoms with Crippen molar-refractivity contribution < 1.29 is 14.0 Å². The predicted octanol–water partition coefficient (Wildman–Crippen LogP) is 5.81. The third kappa shape index (κ3) is 4.15. The molecule has 1 fully saturated rings. The maximum atomic E-state index is 13.6. The fraction of sp³-hybridized carbons (Fsp3) is 0.231. The van der Waals surface area contributed by atoms with Gasteiger partial charge in [0, 0.05) is 21.4 Å². The number of nitrogens with one attached hydrogen (secondary N) is 1. The van der Waals surface area contributed by atoms with Crippen LogP contribution in [0.4, 0.5) is 10.1 Å². The van der Waals surface area contributed by atoms with E-state index in [1.165, 1.54) is 23.9 Å². The zero-order valence-corrected chi connectivity index (χ0v) is 18.3. The molecule has 0 saturated heterocycles. The second-order valence-electron chi connectivity index (χ2n) is 8.25. The number of carbonyl (C=O) groups is 2. The summed E-state index contributed by atoms with van der Waals surface area (Å²) in [7, 11) is 0. The van der Waals surface area contributed by atoms with Crippen molar-refractivity contribution in [2.75, 3.05) is 4.90 Å². The first-order chi connectivity index (χ1) is 15.6. The van der Waals surface area contributed by atoms with Crippen LogP contribution < -0.4 is 10.2 Å². The van der Waals surface area contributed by atoms with E-state index in [-0.39, 0.29) is 30.2 Å². The molecule has 3 aromatic rings. The van der Waals surface area contributed by atoms with E-state index in [1.54, 1.807) is 23.1 Å². The Morgan fingerprint density at radius 2 is 1.75 bits per heavy atom. The number of rotatable bonds is 4. The molecule has 2 amide bonds. The van der Waals surface area contributed by atoms with Crippen molar-refractivity contribution in [3.8, 4) is 0 Å². The van der Waals surface area contributed by atoms with Gasteiger partial charge in [0.2, 0.25) is 0 Å². The van der Waals surface area contributed by atoms with Crippen molar-refractivity contribution in [2.24, 2.45) is 0 Å². The second-order valence-corrected chi connectivity index (χ2v) is 9.34. The summed E-state index contributed by atoms with van der Waals surface area (Å²) in [5.74, 6) is -0.562. The van der Waals surface area contributed by atoms with Crippen molar-refractivity contribution in [3.05, 3.63) is 89.2 Å². The molecule has 0 unspecified atom stereocenters. The van der Waals surface area contributed by atoms with Crippen LogP contribution >= 0.6 is 11.8 Å². The lowest BCUT2D eigenvalue weighted by Crippen LogP contribution is -2.33. The SMILES string of the molecule is O=C(NC1CCCC1)c1ccc2c(c1)N(Cc1ccc(F)cc1)C(=O)c1ccccc1S2. The lowest BCUT2D eigenvalue weighted by Gasteiger charge is -2.24. The largest absolute Gasteiger partial charge is 0.349 e. The van der Waals surface area contributed by atoms with Crippen LogP contribution in [0.5, 0.6) is 0 Å². The first-order valence-electron chi connectivity index (χ1n) is 10.9. The number of amides is 2. The predicted molar refractivity (Wildman–Crippen MR) is 124 cm³/mol. The number of halogens is 1. The molecular weight excluding hydrogens is 423 g/mol. The molecule has 1 aliphatic heterocycles. The van der Waals surface area contributed by atoms with Gasteiger partial charge in [0.05, 0.1) is 17.8 Å². The highest BCUT2D eigenvalue weighted by molar-refractivity contribution is 7.99. The molecule has 32 heavy (non-hydrogen) atoms. The maximum absolute atomic E-state index is 13.6. The minimum absolute atomic E-state index is 0.111. The molecule has 6 heteroatoms. The quantitative estimate of drug-likeness (QED) is 0.550. The number of benzene rings is 3. The highest BCUT2D eigenvalue weighted by Crippen LogP contribution is 2.42. The molecule has 1 saturated carbocycles. The van der Waals surface area contributed by atoms with Gasteiger partial charge in [-0.25, -0.2) is 4.39 Å². The molecule has 4 nitrogen and oxygen atoms in total. The van der Waals surface area contributed by atoms with Crippen LogP contribution in [-0.2, 0) is 6.54 Å². The summed E-state index contributed by atoms with van der Waals surface area (Å²) in [4.78, 5) is 30.0. The summed E-state index contributed by atoms with van der Waals surface area (Å²) in [5, 5.41) is 3.13. The van der Waals surface area contributed by atoms with Crippen molar-refractivity contribution in [3.63, 3.8) is 0 Å². The van der Waals surface area contributed by atoms with Gasteiger partial charge in [-0.05, 0) is 60.9 Å². The van der Waals surface area contributed by atoms with E-state index in [1.807, 2.05) is 36.4 Å². The van der Waals surface area contributed by atoms with E-state index < -0.39 is 0 Å². The number of hydrogen-bond donors (Lipinski definition) is 1. The monoisotopic (exact) mass is 446 g/mol. The minimum atomic E-state index is -0.317. The standard InChI is InChI=1S/C26H23FN2O2S/c27-19-12-9-17(10-13-19)16-29-22-15-18(25(30)28-20-5-1-2-6-20)11-14-24(22)32-23-8-4-3-7-21(23)26(29)31/h3-4,7-15,20H,1-2,5-6,16H2,(H,28,30). The summed E-state index contributed by atoms with van der Waals surface area (Å²) in [6, 6.07) is 19.4. The summed E-state index contributed by atoms with van der Waals surface area (Å²) < 4.78 is 13.4. The zero-order valence-electron chi connectivity index (χ0n) is 17.5. The van der Waals surface area contributed by atoms with E-state index in [9.17, 15) is 14.0 Å². The molecule has 1 N–H and O–H groups in total. The van der Waals surface area contributed by atoms with Gasteiger partial charge in [-0.1, -0.05) is 48.9 Å². The van der Waals surface area contributed by atoms with Crippen molar-refractivity contribution in [1.29, 1.82) is 0 Å². The van der Waals surface area contributed by atoms with Crippen LogP contribution in [0.15, 0.2) is 76.5 Å². The van der Waals surface area contributed by atoms with Crippen LogP contribution in [0, 0.1) is 5.82 Å². The first-order valence-corrected chi connectivity index (χ1v) is 11.7. The zero-order chi connectivity index (χ0) is 22.1. The maximum Gasteiger partial charge on any atom is 0.259 e. The Morgan fingerprint density at radius 1 is 1.00 bits per heavy atom. The van der Waals surface area contributed by atoms with Gasteiger partial charge in [0.1, 0.15) is 5.82 Å². The topological polar surface area (TPSA) is 49.4 Å². The van der Waals surface area contributed by atoms with Crippen LogP contribution in [0.3, 0.4) is 0 Å². The number of hydrogen-bond acceptors (Lipinski definition) is 3. The molecule has 0 atom stereocenters. The highest BCUT2D eigenvalue weighted by atomic mass is 32.2. The van der Waals surface area contributed by atoms with Gasteiger partial charge in [0.15, 0.2) is 0 Å². The van der Waals surface area contributed by atoms with E-state index in [4.69, 9.17) is 0 Å². The number of fused-ring (bicyclic) bond motifs is 2. The average molecular weight is 447 g/mol. The third-order valence-corrected chi connectivity index (χ3v) is 7.18. The van der Waals surface area contributed by atoms with E-state index >= 15 is 0 Å². The van der Waals surface area contributed by atoms with Gasteiger partial charge in [0.25, 0.3) is 11.8 Å². The molecule has 1 heterocycles. The second kappa shape index (κ2) is 8.79. The Bertz CT molecular complexity index is 1170. The van der Waals surface area contributed by atoms with Crippen molar-refractivity contribution in [1.82, 2.24) is 5.32 Å². The van der Waals surface area contributed by atoms with Gasteiger partial charge in [-0.2, -0.15) is 0 Å². The van der Waals surface area contributed by atoms with Gasteiger partial charge < -0.3 is 10.2 Å². The van der Waals surface area contributed by atoms with Gasteiger partial charge in [-0.15, -0.1) is 0 Å². The third-order valence-electron chi connectivity index (χ3n) is 6.04. The molecule has 0 spiro atoms. The summed E-state index contributed by atoms with van der Waals surface area (Å²) >= 11 is 1.52. The fourth-order valence-electron chi connectivity index (χ4n) is 4.33. The summed E-state index contributed by atoms with van der Waals surface area (Å²) in [5.41, 5.74) is 2.67. The molecule has 0 radical (unpaired) electrons. The van der Waals surface area contributed by atoms with Gasteiger partial charge in [-0.3, -0.25) is 9.59 Å². The molecule has 162 valence electrons. The molecule has 0 aromatic heterocycles. The molecule has 0 bridgehead atoms. The van der Waals surface area contributed by atoms with E-state index in [2.05, 4.69) is 5.32 Å². The minimum Gasteiger partial charge on any atom is -0.349 e. The lowest BCUT2D eigenvalue weighted by atomic mass is 10.1. The smallest absolute Gasteiger partial charge is 0.259 e.